The molecule has 88 valence electrons. The van der Waals surface area contributed by atoms with Crippen molar-refractivity contribution in [3.63, 3.8) is 0 Å². The summed E-state index contributed by atoms with van der Waals surface area (Å²) >= 11 is 3.10. The molecule has 1 atom stereocenters. The predicted octanol–water partition coefficient (Wildman–Crippen LogP) is 2.54. The highest BCUT2D eigenvalue weighted by molar-refractivity contribution is 9.10. The molecule has 0 aliphatic carbocycles. The molecule has 1 aromatic rings. The summed E-state index contributed by atoms with van der Waals surface area (Å²) in [7, 11) is 0. The lowest BCUT2D eigenvalue weighted by Gasteiger charge is -2.13. The van der Waals surface area contributed by atoms with E-state index in [4.69, 9.17) is 10.5 Å². The number of benzene rings is 1. The van der Waals surface area contributed by atoms with Crippen LogP contribution in [0.25, 0.3) is 0 Å². The molecule has 0 unspecified atom stereocenters. The molecule has 1 aromatic carbocycles. The van der Waals surface area contributed by atoms with Crippen LogP contribution < -0.4 is 5.73 Å². The van der Waals surface area contributed by atoms with Crippen molar-refractivity contribution in [1.29, 1.82) is 0 Å². The van der Waals surface area contributed by atoms with Gasteiger partial charge in [0.05, 0.1) is 17.5 Å². The van der Waals surface area contributed by atoms with Gasteiger partial charge in [-0.3, -0.25) is 4.79 Å². The standard InChI is InChI=1S/C11H13BrFNO2/c1-2-16-10(15)6-9(14)7-4-3-5-8(13)11(7)12/h3-5,9H,2,6,14H2,1H3/t9-/m1/s1. The SMILES string of the molecule is CCOC(=O)C[C@@H](N)c1cccc(F)c1Br. The summed E-state index contributed by atoms with van der Waals surface area (Å²) in [5, 5.41) is 0. The Bertz CT molecular complexity index is 384. The Labute approximate surface area is 102 Å². The summed E-state index contributed by atoms with van der Waals surface area (Å²) in [5.41, 5.74) is 6.36. The second-order valence-corrected chi connectivity index (χ2v) is 4.05. The van der Waals surface area contributed by atoms with E-state index in [2.05, 4.69) is 15.9 Å². The van der Waals surface area contributed by atoms with Crippen LogP contribution in [-0.2, 0) is 9.53 Å². The van der Waals surface area contributed by atoms with Crippen molar-refractivity contribution in [3.05, 3.63) is 34.1 Å². The molecule has 5 heteroatoms. The fraction of sp³-hybridized carbons (Fsp3) is 0.364. The van der Waals surface area contributed by atoms with Gasteiger partial charge in [0.1, 0.15) is 5.82 Å². The van der Waals surface area contributed by atoms with Crippen molar-refractivity contribution in [2.45, 2.75) is 19.4 Å². The van der Waals surface area contributed by atoms with Gasteiger partial charge in [-0.1, -0.05) is 12.1 Å². The van der Waals surface area contributed by atoms with Crippen LogP contribution in [-0.4, -0.2) is 12.6 Å². The highest BCUT2D eigenvalue weighted by Crippen LogP contribution is 2.26. The van der Waals surface area contributed by atoms with Gasteiger partial charge in [0, 0.05) is 6.04 Å². The Morgan fingerprint density at radius 2 is 2.31 bits per heavy atom. The zero-order valence-electron chi connectivity index (χ0n) is 8.87. The van der Waals surface area contributed by atoms with E-state index in [1.54, 1.807) is 19.1 Å². The van der Waals surface area contributed by atoms with Crippen LogP contribution in [0.3, 0.4) is 0 Å². The van der Waals surface area contributed by atoms with E-state index in [0.717, 1.165) is 0 Å². The Balaban J connectivity index is 2.76. The molecule has 0 saturated carbocycles. The van der Waals surface area contributed by atoms with E-state index in [1.807, 2.05) is 0 Å². The van der Waals surface area contributed by atoms with Gasteiger partial charge in [-0.15, -0.1) is 0 Å². The maximum Gasteiger partial charge on any atom is 0.307 e. The van der Waals surface area contributed by atoms with Gasteiger partial charge in [-0.05, 0) is 34.5 Å². The van der Waals surface area contributed by atoms with Crippen LogP contribution in [0, 0.1) is 5.82 Å². The van der Waals surface area contributed by atoms with E-state index >= 15 is 0 Å². The Kier molecular flexibility index (Phi) is 4.89. The zero-order chi connectivity index (χ0) is 12.1. The van der Waals surface area contributed by atoms with Crippen LogP contribution in [0.15, 0.2) is 22.7 Å². The van der Waals surface area contributed by atoms with E-state index in [1.165, 1.54) is 6.07 Å². The van der Waals surface area contributed by atoms with Gasteiger partial charge >= 0.3 is 5.97 Å². The number of ether oxygens (including phenoxy) is 1. The van der Waals surface area contributed by atoms with Crippen molar-refractivity contribution < 1.29 is 13.9 Å². The largest absolute Gasteiger partial charge is 0.466 e. The third-order valence-corrected chi connectivity index (χ3v) is 2.91. The summed E-state index contributed by atoms with van der Waals surface area (Å²) in [6.07, 6.45) is 0.0376. The van der Waals surface area contributed by atoms with Crippen molar-refractivity contribution in [1.82, 2.24) is 0 Å². The summed E-state index contributed by atoms with van der Waals surface area (Å²) in [4.78, 5) is 11.2. The molecular weight excluding hydrogens is 277 g/mol. The van der Waals surface area contributed by atoms with Crippen LogP contribution in [0.2, 0.25) is 0 Å². The first-order valence-corrected chi connectivity index (χ1v) is 5.70. The van der Waals surface area contributed by atoms with E-state index in [0.29, 0.717) is 16.6 Å². The van der Waals surface area contributed by atoms with Gasteiger partial charge in [-0.25, -0.2) is 4.39 Å². The summed E-state index contributed by atoms with van der Waals surface area (Å²) in [6.45, 7) is 2.04. The number of halogens is 2. The minimum atomic E-state index is -0.566. The predicted molar refractivity (Wildman–Crippen MR) is 62.3 cm³/mol. The fourth-order valence-corrected chi connectivity index (χ4v) is 1.87. The van der Waals surface area contributed by atoms with Crippen LogP contribution in [0.4, 0.5) is 4.39 Å². The molecule has 0 aliphatic rings. The average molecular weight is 290 g/mol. The molecule has 3 nitrogen and oxygen atoms in total. The van der Waals surface area contributed by atoms with Crippen molar-refractivity contribution in [2.24, 2.45) is 5.73 Å². The minimum absolute atomic E-state index is 0.0376. The van der Waals surface area contributed by atoms with Crippen LogP contribution in [0.5, 0.6) is 0 Å². The lowest BCUT2D eigenvalue weighted by molar-refractivity contribution is -0.143. The molecule has 0 aromatic heterocycles. The second-order valence-electron chi connectivity index (χ2n) is 3.26. The number of nitrogens with two attached hydrogens (primary N) is 1. The maximum atomic E-state index is 13.2. The first kappa shape index (κ1) is 13.1. The quantitative estimate of drug-likeness (QED) is 0.867. The van der Waals surface area contributed by atoms with Crippen LogP contribution >= 0.6 is 15.9 Å². The summed E-state index contributed by atoms with van der Waals surface area (Å²) < 4.78 is 18.3. The number of carbonyl (C=O) groups excluding carboxylic acids is 1. The summed E-state index contributed by atoms with van der Waals surface area (Å²) in [5.74, 6) is -0.775. The monoisotopic (exact) mass is 289 g/mol. The molecule has 0 saturated heterocycles. The molecule has 0 bridgehead atoms. The Morgan fingerprint density at radius 3 is 2.94 bits per heavy atom. The van der Waals surface area contributed by atoms with Crippen molar-refractivity contribution >= 4 is 21.9 Å². The Morgan fingerprint density at radius 1 is 1.62 bits per heavy atom. The number of hydrogen-bond acceptors (Lipinski definition) is 3. The normalized spacial score (nSPS) is 12.2. The minimum Gasteiger partial charge on any atom is -0.466 e. The number of hydrogen-bond donors (Lipinski definition) is 1. The number of esters is 1. The molecule has 1 rings (SSSR count). The van der Waals surface area contributed by atoms with E-state index in [9.17, 15) is 9.18 Å². The maximum absolute atomic E-state index is 13.2. The fourth-order valence-electron chi connectivity index (χ4n) is 1.32. The summed E-state index contributed by atoms with van der Waals surface area (Å²) in [6, 6.07) is 3.99. The average Bonchev–Trinajstić information content (AvgIpc) is 2.22. The lowest BCUT2D eigenvalue weighted by atomic mass is 10.0. The Hall–Kier alpha value is -0.940. The molecule has 0 amide bonds. The molecule has 16 heavy (non-hydrogen) atoms. The second kappa shape index (κ2) is 5.96. The highest BCUT2D eigenvalue weighted by atomic mass is 79.9. The molecule has 0 radical (unpaired) electrons. The smallest absolute Gasteiger partial charge is 0.307 e. The molecular formula is C11H13BrFNO2. The molecule has 0 spiro atoms. The van der Waals surface area contributed by atoms with Gasteiger partial charge in [-0.2, -0.15) is 0 Å². The van der Waals surface area contributed by atoms with Gasteiger partial charge < -0.3 is 10.5 Å². The van der Waals surface area contributed by atoms with Gasteiger partial charge in [0.2, 0.25) is 0 Å². The lowest BCUT2D eigenvalue weighted by Crippen LogP contribution is -2.17. The topological polar surface area (TPSA) is 52.3 Å². The zero-order valence-corrected chi connectivity index (χ0v) is 10.5. The first-order chi connectivity index (χ1) is 7.56. The number of rotatable bonds is 4. The first-order valence-electron chi connectivity index (χ1n) is 4.91. The molecule has 0 heterocycles. The molecule has 0 fully saturated rings. The third kappa shape index (κ3) is 3.28. The van der Waals surface area contributed by atoms with Crippen molar-refractivity contribution in [2.75, 3.05) is 6.61 Å². The van der Waals surface area contributed by atoms with Gasteiger partial charge in [0.25, 0.3) is 0 Å². The van der Waals surface area contributed by atoms with Crippen LogP contribution in [0.1, 0.15) is 24.9 Å². The van der Waals surface area contributed by atoms with Gasteiger partial charge in [0.15, 0.2) is 0 Å². The molecule has 0 aliphatic heterocycles. The highest BCUT2D eigenvalue weighted by Gasteiger charge is 2.16. The van der Waals surface area contributed by atoms with E-state index < -0.39 is 11.9 Å². The third-order valence-electron chi connectivity index (χ3n) is 2.07. The van der Waals surface area contributed by atoms with E-state index in [-0.39, 0.29) is 12.4 Å². The number of carbonyl (C=O) groups is 1. The van der Waals surface area contributed by atoms with Crippen molar-refractivity contribution in [3.8, 4) is 0 Å². The molecule has 2 N–H and O–H groups in total.